The van der Waals surface area contributed by atoms with E-state index >= 15 is 0 Å². The second kappa shape index (κ2) is 5.86. The zero-order valence-corrected chi connectivity index (χ0v) is 12.7. The van der Waals surface area contributed by atoms with Crippen LogP contribution < -0.4 is 10.6 Å². The smallest absolute Gasteiger partial charge is 0.0642 e. The van der Waals surface area contributed by atoms with Crippen LogP contribution in [0.25, 0.3) is 0 Å². The largest absolute Gasteiger partial charge is 0.377 e. The Morgan fingerprint density at radius 2 is 1.65 bits per heavy atom. The summed E-state index contributed by atoms with van der Waals surface area (Å²) in [5, 5.41) is 7.23. The molecule has 106 valence electrons. The van der Waals surface area contributed by atoms with E-state index < -0.39 is 0 Å². The first kappa shape index (κ1) is 14.9. The van der Waals surface area contributed by atoms with Crippen LogP contribution in [0.2, 0.25) is 0 Å². The normalized spacial score (nSPS) is 19.6. The van der Waals surface area contributed by atoms with Crippen LogP contribution in [-0.2, 0) is 5.54 Å². The fourth-order valence-corrected chi connectivity index (χ4v) is 2.80. The van der Waals surface area contributed by atoms with Crippen molar-refractivity contribution < 1.29 is 0 Å². The summed E-state index contributed by atoms with van der Waals surface area (Å²) in [7, 11) is 0. The van der Waals surface area contributed by atoms with E-state index in [2.05, 4.69) is 73.0 Å². The number of para-hydroxylation sites is 1. The molecule has 0 aromatic heterocycles. The van der Waals surface area contributed by atoms with Gasteiger partial charge in [0, 0.05) is 17.8 Å². The van der Waals surface area contributed by atoms with Crippen LogP contribution in [0.4, 0.5) is 5.69 Å². The highest BCUT2D eigenvalue weighted by Crippen LogP contribution is 2.34. The van der Waals surface area contributed by atoms with Crippen LogP contribution in [0.5, 0.6) is 0 Å². The number of hydrogen-bond donors (Lipinski definition) is 2. The first-order chi connectivity index (χ1) is 9.17. The van der Waals surface area contributed by atoms with Gasteiger partial charge < -0.3 is 10.6 Å². The van der Waals surface area contributed by atoms with Crippen molar-refractivity contribution in [2.45, 2.75) is 25.4 Å². The second-order valence-electron chi connectivity index (χ2n) is 5.66. The molecule has 3 rings (SSSR count). The quantitative estimate of drug-likeness (QED) is 0.869. The van der Waals surface area contributed by atoms with Gasteiger partial charge in [-0.05, 0) is 37.1 Å². The van der Waals surface area contributed by atoms with E-state index in [9.17, 15) is 0 Å². The first-order valence-corrected chi connectivity index (χ1v) is 6.83. The summed E-state index contributed by atoms with van der Waals surface area (Å²) >= 11 is 0. The van der Waals surface area contributed by atoms with Gasteiger partial charge in [-0.1, -0.05) is 42.5 Å². The molecule has 0 amide bonds. The Hall–Kier alpha value is -1.51. The Morgan fingerprint density at radius 1 is 1.00 bits per heavy atom. The molecule has 3 heteroatoms. The van der Waals surface area contributed by atoms with Gasteiger partial charge in [-0.15, -0.1) is 12.4 Å². The fraction of sp³-hybridized carbons (Fsp3) is 0.294. The van der Waals surface area contributed by atoms with Crippen molar-refractivity contribution in [3.8, 4) is 0 Å². The Balaban J connectivity index is 0.00000147. The molecular weight excluding hydrogens is 268 g/mol. The maximum Gasteiger partial charge on any atom is 0.0642 e. The second-order valence-corrected chi connectivity index (χ2v) is 5.66. The minimum Gasteiger partial charge on any atom is -0.377 e. The van der Waals surface area contributed by atoms with Crippen molar-refractivity contribution in [1.82, 2.24) is 5.32 Å². The first-order valence-electron chi connectivity index (χ1n) is 6.83. The number of nitrogens with one attached hydrogen (secondary N) is 2. The molecule has 1 aliphatic rings. The monoisotopic (exact) mass is 288 g/mol. The number of anilines is 1. The molecule has 20 heavy (non-hydrogen) atoms. The molecule has 1 aliphatic heterocycles. The standard InChI is InChI=1S/C17H20N2.ClH/c1-17(2)15-11-7-6-10-14(15)16(12-18-17)19-13-8-4-3-5-9-13;/h3-11,16,18-19H,12H2,1-2H3;1H. The molecule has 2 aromatic rings. The molecule has 1 heterocycles. The lowest BCUT2D eigenvalue weighted by Gasteiger charge is -2.39. The van der Waals surface area contributed by atoms with Crippen LogP contribution in [-0.4, -0.2) is 6.54 Å². The summed E-state index contributed by atoms with van der Waals surface area (Å²) in [5.74, 6) is 0. The summed E-state index contributed by atoms with van der Waals surface area (Å²) in [6.07, 6.45) is 0. The van der Waals surface area contributed by atoms with Gasteiger partial charge in [-0.2, -0.15) is 0 Å². The molecule has 1 atom stereocenters. The van der Waals surface area contributed by atoms with Crippen molar-refractivity contribution >= 4 is 18.1 Å². The molecule has 0 saturated carbocycles. The summed E-state index contributed by atoms with van der Waals surface area (Å²) in [6.45, 7) is 5.42. The van der Waals surface area contributed by atoms with Crippen molar-refractivity contribution in [2.75, 3.05) is 11.9 Å². The van der Waals surface area contributed by atoms with Crippen LogP contribution in [0, 0.1) is 0 Å². The van der Waals surface area contributed by atoms with Gasteiger partial charge in [0.1, 0.15) is 0 Å². The van der Waals surface area contributed by atoms with E-state index in [1.807, 2.05) is 6.07 Å². The number of hydrogen-bond acceptors (Lipinski definition) is 2. The molecule has 2 N–H and O–H groups in total. The lowest BCUT2D eigenvalue weighted by molar-refractivity contribution is 0.363. The van der Waals surface area contributed by atoms with E-state index in [1.54, 1.807) is 0 Å². The van der Waals surface area contributed by atoms with Crippen LogP contribution in [0.3, 0.4) is 0 Å². The van der Waals surface area contributed by atoms with E-state index in [1.165, 1.54) is 16.8 Å². The van der Waals surface area contributed by atoms with Gasteiger partial charge in [0.05, 0.1) is 6.04 Å². The third-order valence-corrected chi connectivity index (χ3v) is 3.87. The highest BCUT2D eigenvalue weighted by Gasteiger charge is 2.31. The van der Waals surface area contributed by atoms with E-state index in [-0.39, 0.29) is 17.9 Å². The minimum atomic E-state index is 0. The van der Waals surface area contributed by atoms with Gasteiger partial charge in [0.25, 0.3) is 0 Å². The van der Waals surface area contributed by atoms with Crippen LogP contribution >= 0.6 is 12.4 Å². The average Bonchev–Trinajstić information content (AvgIpc) is 2.44. The molecule has 0 spiro atoms. The third-order valence-electron chi connectivity index (χ3n) is 3.87. The number of rotatable bonds is 2. The van der Waals surface area contributed by atoms with Gasteiger partial charge in [0.15, 0.2) is 0 Å². The molecular formula is C17H21ClN2. The molecule has 2 nitrogen and oxygen atoms in total. The zero-order valence-electron chi connectivity index (χ0n) is 11.9. The van der Waals surface area contributed by atoms with E-state index in [0.29, 0.717) is 6.04 Å². The minimum absolute atomic E-state index is 0. The molecule has 0 bridgehead atoms. The number of fused-ring (bicyclic) bond motifs is 1. The maximum absolute atomic E-state index is 3.62. The highest BCUT2D eigenvalue weighted by atomic mass is 35.5. The lowest BCUT2D eigenvalue weighted by Crippen LogP contribution is -2.46. The SMILES string of the molecule is CC1(C)NCC(Nc2ccccc2)c2ccccc21.Cl. The van der Waals surface area contributed by atoms with Crippen LogP contribution in [0.1, 0.15) is 31.0 Å². The number of benzene rings is 2. The predicted molar refractivity (Wildman–Crippen MR) is 87.5 cm³/mol. The summed E-state index contributed by atoms with van der Waals surface area (Å²) < 4.78 is 0. The molecule has 0 fully saturated rings. The summed E-state index contributed by atoms with van der Waals surface area (Å²) in [5.41, 5.74) is 4.00. The lowest BCUT2D eigenvalue weighted by atomic mass is 9.83. The molecule has 0 aliphatic carbocycles. The van der Waals surface area contributed by atoms with Crippen molar-refractivity contribution in [3.05, 3.63) is 65.7 Å². The van der Waals surface area contributed by atoms with Gasteiger partial charge in [0.2, 0.25) is 0 Å². The Kier molecular flexibility index (Phi) is 4.36. The van der Waals surface area contributed by atoms with Gasteiger partial charge >= 0.3 is 0 Å². The van der Waals surface area contributed by atoms with E-state index in [4.69, 9.17) is 0 Å². The van der Waals surface area contributed by atoms with Gasteiger partial charge in [-0.25, -0.2) is 0 Å². The maximum atomic E-state index is 3.62. The van der Waals surface area contributed by atoms with E-state index in [0.717, 1.165) is 6.54 Å². The van der Waals surface area contributed by atoms with Gasteiger partial charge in [-0.3, -0.25) is 0 Å². The molecule has 0 radical (unpaired) electrons. The Labute approximate surface area is 127 Å². The third kappa shape index (κ3) is 2.82. The summed E-state index contributed by atoms with van der Waals surface area (Å²) in [6, 6.07) is 19.4. The van der Waals surface area contributed by atoms with Crippen molar-refractivity contribution in [3.63, 3.8) is 0 Å². The molecule has 0 saturated heterocycles. The van der Waals surface area contributed by atoms with Crippen molar-refractivity contribution in [1.29, 1.82) is 0 Å². The fourth-order valence-electron chi connectivity index (χ4n) is 2.80. The van der Waals surface area contributed by atoms with Crippen molar-refractivity contribution in [2.24, 2.45) is 0 Å². The average molecular weight is 289 g/mol. The van der Waals surface area contributed by atoms with Crippen LogP contribution in [0.15, 0.2) is 54.6 Å². The molecule has 2 aromatic carbocycles. The number of halogens is 1. The summed E-state index contributed by atoms with van der Waals surface area (Å²) in [4.78, 5) is 0. The topological polar surface area (TPSA) is 24.1 Å². The molecule has 1 unspecified atom stereocenters. The highest BCUT2D eigenvalue weighted by molar-refractivity contribution is 5.85. The Bertz CT molecular complexity index is 566. The predicted octanol–water partition coefficient (Wildman–Crippen LogP) is 4.10. The zero-order chi connectivity index (χ0) is 13.3. The Morgan fingerprint density at radius 3 is 2.40 bits per heavy atom.